The summed E-state index contributed by atoms with van der Waals surface area (Å²) in [7, 11) is 1.39. The Balaban J connectivity index is 2.26. The molecule has 0 aliphatic heterocycles. The topological polar surface area (TPSA) is 52.1 Å². The van der Waals surface area contributed by atoms with Gasteiger partial charge in [0.1, 0.15) is 9.90 Å². The molecule has 100 valence electrons. The number of benzene rings is 1. The average molecular weight is 294 g/mol. The number of hydrogen-bond donors (Lipinski definition) is 0. The third-order valence-electron chi connectivity index (χ3n) is 2.64. The van der Waals surface area contributed by atoms with Crippen LogP contribution in [0.2, 0.25) is 0 Å². The van der Waals surface area contributed by atoms with Gasteiger partial charge in [0.05, 0.1) is 12.9 Å². The van der Waals surface area contributed by atoms with Crippen molar-refractivity contribution in [3.8, 4) is 11.3 Å². The first-order valence-electron chi connectivity index (χ1n) is 5.71. The maximum absolute atomic E-state index is 11.2. The van der Waals surface area contributed by atoms with Crippen molar-refractivity contribution < 1.29 is 9.53 Å². The quantitative estimate of drug-likeness (QED) is 0.640. The van der Waals surface area contributed by atoms with Crippen molar-refractivity contribution in [2.75, 3.05) is 12.9 Å². The monoisotopic (exact) mass is 294 g/mol. The van der Waals surface area contributed by atoms with Gasteiger partial charge < -0.3 is 4.74 Å². The number of nitrogens with zero attached hydrogens (tertiary/aromatic N) is 2. The van der Waals surface area contributed by atoms with Crippen molar-refractivity contribution in [1.29, 1.82) is 0 Å². The van der Waals surface area contributed by atoms with Crippen molar-refractivity contribution in [1.82, 2.24) is 9.59 Å². The molecule has 0 saturated carbocycles. The Labute approximate surface area is 120 Å². The van der Waals surface area contributed by atoms with Crippen LogP contribution in [0.1, 0.15) is 11.1 Å². The van der Waals surface area contributed by atoms with Gasteiger partial charge in [0.25, 0.3) is 0 Å². The summed E-state index contributed by atoms with van der Waals surface area (Å²) in [6.45, 7) is 4.11. The number of carbonyl (C=O) groups is 1. The molecule has 0 unspecified atom stereocenters. The van der Waals surface area contributed by atoms with Gasteiger partial charge in [-0.3, -0.25) is 4.79 Å². The number of methoxy groups -OCH3 is 1. The molecule has 0 bridgehead atoms. The maximum atomic E-state index is 11.2. The summed E-state index contributed by atoms with van der Waals surface area (Å²) in [4.78, 5) is 11.2. The second-order valence-electron chi connectivity index (χ2n) is 4.09. The highest BCUT2D eigenvalue weighted by molar-refractivity contribution is 8.01. The summed E-state index contributed by atoms with van der Waals surface area (Å²) in [5.74, 6) is 0.0307. The molecule has 0 radical (unpaired) electrons. The van der Waals surface area contributed by atoms with Crippen molar-refractivity contribution in [2.24, 2.45) is 0 Å². The van der Waals surface area contributed by atoms with Gasteiger partial charge in [-0.1, -0.05) is 40.0 Å². The van der Waals surface area contributed by atoms with E-state index < -0.39 is 0 Å². The number of rotatable bonds is 4. The Kier molecular flexibility index (Phi) is 4.55. The first-order chi connectivity index (χ1) is 9.11. The predicted octanol–water partition coefficient (Wildman–Crippen LogP) is 3.09. The molecule has 4 nitrogen and oxygen atoms in total. The van der Waals surface area contributed by atoms with E-state index in [0.29, 0.717) is 0 Å². The number of aryl methyl sites for hydroxylation is 2. The van der Waals surface area contributed by atoms with E-state index in [1.807, 2.05) is 6.07 Å². The fourth-order valence-corrected chi connectivity index (χ4v) is 3.28. The molecule has 0 N–H and O–H groups in total. The lowest BCUT2D eigenvalue weighted by Crippen LogP contribution is -2.02. The van der Waals surface area contributed by atoms with Gasteiger partial charge in [0.15, 0.2) is 0 Å². The highest BCUT2D eigenvalue weighted by atomic mass is 32.2. The number of aromatic nitrogens is 2. The number of thioether (sulfide) groups is 1. The minimum atomic E-state index is -0.245. The van der Waals surface area contributed by atoms with Crippen LogP contribution < -0.4 is 0 Å². The Hall–Kier alpha value is -1.40. The first-order valence-corrected chi connectivity index (χ1v) is 7.47. The van der Waals surface area contributed by atoms with Crippen molar-refractivity contribution >= 4 is 29.3 Å². The fraction of sp³-hybridized carbons (Fsp3) is 0.308. The number of ether oxygens (including phenoxy) is 1. The van der Waals surface area contributed by atoms with Gasteiger partial charge in [-0.05, 0) is 30.9 Å². The molecule has 1 heterocycles. The summed E-state index contributed by atoms with van der Waals surface area (Å²) in [5.41, 5.74) is 4.28. The Morgan fingerprint density at radius 3 is 2.89 bits per heavy atom. The molecule has 0 spiro atoms. The van der Waals surface area contributed by atoms with E-state index in [1.165, 1.54) is 36.0 Å². The molecular formula is C13H14N2O2S2. The lowest BCUT2D eigenvalue weighted by molar-refractivity contribution is -0.137. The molecule has 0 aliphatic carbocycles. The molecular weight excluding hydrogens is 280 g/mol. The standard InChI is InChI=1S/C13H14N2O2S2/c1-8-4-5-10(9(2)6-8)12-13(19-15-14-12)18-7-11(16)17-3/h4-6H,7H2,1-3H3. The predicted molar refractivity (Wildman–Crippen MR) is 77.6 cm³/mol. The molecule has 0 saturated heterocycles. The second-order valence-corrected chi connectivity index (χ2v) is 6.09. The lowest BCUT2D eigenvalue weighted by atomic mass is 10.0. The molecule has 0 aliphatic rings. The fourth-order valence-electron chi connectivity index (χ4n) is 1.70. The zero-order chi connectivity index (χ0) is 13.8. The highest BCUT2D eigenvalue weighted by Gasteiger charge is 2.14. The van der Waals surface area contributed by atoms with E-state index in [-0.39, 0.29) is 11.7 Å². The van der Waals surface area contributed by atoms with Crippen LogP contribution in [0.5, 0.6) is 0 Å². The van der Waals surface area contributed by atoms with Crippen LogP contribution in [0, 0.1) is 13.8 Å². The average Bonchev–Trinajstić information content (AvgIpc) is 2.84. The SMILES string of the molecule is COC(=O)CSc1snnc1-c1ccc(C)cc1C. The molecule has 19 heavy (non-hydrogen) atoms. The van der Waals surface area contributed by atoms with E-state index >= 15 is 0 Å². The molecule has 2 rings (SSSR count). The Bertz CT molecular complexity index is 596. The van der Waals surface area contributed by atoms with Crippen LogP contribution in [0.15, 0.2) is 22.4 Å². The van der Waals surface area contributed by atoms with Crippen molar-refractivity contribution in [3.05, 3.63) is 29.3 Å². The van der Waals surface area contributed by atoms with Gasteiger partial charge in [-0.25, -0.2) is 0 Å². The summed E-state index contributed by atoms with van der Waals surface area (Å²) < 4.78 is 9.56. The summed E-state index contributed by atoms with van der Waals surface area (Å²) >= 11 is 2.72. The maximum Gasteiger partial charge on any atom is 0.316 e. The van der Waals surface area contributed by atoms with E-state index in [4.69, 9.17) is 0 Å². The smallest absolute Gasteiger partial charge is 0.316 e. The third kappa shape index (κ3) is 3.33. The van der Waals surface area contributed by atoms with Crippen LogP contribution in [-0.4, -0.2) is 28.4 Å². The van der Waals surface area contributed by atoms with Crippen LogP contribution in [0.4, 0.5) is 0 Å². The molecule has 6 heteroatoms. The summed E-state index contributed by atoms with van der Waals surface area (Å²) in [5, 5.41) is 4.18. The lowest BCUT2D eigenvalue weighted by Gasteiger charge is -2.05. The van der Waals surface area contributed by atoms with Crippen LogP contribution in [0.3, 0.4) is 0 Å². The van der Waals surface area contributed by atoms with Gasteiger partial charge in [-0.2, -0.15) is 0 Å². The molecule has 0 atom stereocenters. The molecule has 2 aromatic rings. The third-order valence-corrected chi connectivity index (χ3v) is 4.58. The minimum Gasteiger partial charge on any atom is -0.468 e. The van der Waals surface area contributed by atoms with Crippen LogP contribution in [-0.2, 0) is 9.53 Å². The molecule has 1 aromatic carbocycles. The molecule has 0 amide bonds. The Morgan fingerprint density at radius 1 is 1.42 bits per heavy atom. The zero-order valence-corrected chi connectivity index (χ0v) is 12.6. The van der Waals surface area contributed by atoms with Crippen molar-refractivity contribution in [3.63, 3.8) is 0 Å². The van der Waals surface area contributed by atoms with Gasteiger partial charge in [-0.15, -0.1) is 5.10 Å². The van der Waals surface area contributed by atoms with Gasteiger partial charge in [0, 0.05) is 5.56 Å². The van der Waals surface area contributed by atoms with E-state index in [2.05, 4.69) is 40.3 Å². The summed E-state index contributed by atoms with van der Waals surface area (Å²) in [6.07, 6.45) is 0. The first kappa shape index (κ1) is 14.0. The normalized spacial score (nSPS) is 10.5. The number of hydrogen-bond acceptors (Lipinski definition) is 6. The Morgan fingerprint density at radius 2 is 2.21 bits per heavy atom. The minimum absolute atomic E-state index is 0.245. The van der Waals surface area contributed by atoms with Gasteiger partial charge in [0.2, 0.25) is 0 Å². The van der Waals surface area contributed by atoms with Crippen LogP contribution in [0.25, 0.3) is 11.3 Å². The van der Waals surface area contributed by atoms with Crippen LogP contribution >= 0.6 is 23.3 Å². The van der Waals surface area contributed by atoms with Crippen molar-refractivity contribution in [2.45, 2.75) is 18.1 Å². The zero-order valence-electron chi connectivity index (χ0n) is 11.0. The van der Waals surface area contributed by atoms with Gasteiger partial charge >= 0.3 is 5.97 Å². The summed E-state index contributed by atoms with van der Waals surface area (Å²) in [6, 6.07) is 6.21. The van der Waals surface area contributed by atoms with E-state index in [1.54, 1.807) is 0 Å². The van der Waals surface area contributed by atoms with E-state index in [0.717, 1.165) is 21.0 Å². The molecule has 1 aromatic heterocycles. The number of carbonyl (C=O) groups excluding carboxylic acids is 1. The van der Waals surface area contributed by atoms with E-state index in [9.17, 15) is 4.79 Å². The highest BCUT2D eigenvalue weighted by Crippen LogP contribution is 2.34. The number of esters is 1. The largest absolute Gasteiger partial charge is 0.468 e. The molecule has 0 fully saturated rings. The second kappa shape index (κ2) is 6.16.